The highest BCUT2D eigenvalue weighted by molar-refractivity contribution is 7.17. The van der Waals surface area contributed by atoms with Crippen LogP contribution in [0, 0.1) is 18.7 Å². The Kier molecular flexibility index (Phi) is 8.18. The maximum absolute atomic E-state index is 14.4. The summed E-state index contributed by atoms with van der Waals surface area (Å²) in [6.07, 6.45) is 1.74. The fourth-order valence-corrected chi connectivity index (χ4v) is 7.29. The molecule has 0 unspecified atom stereocenters. The molecule has 0 radical (unpaired) electrons. The number of aryl methyl sites for hydroxylation is 1. The van der Waals surface area contributed by atoms with E-state index >= 15 is 0 Å². The number of fused-ring (bicyclic) bond motifs is 3. The van der Waals surface area contributed by atoms with Gasteiger partial charge in [0, 0.05) is 29.6 Å². The number of benzene rings is 2. The summed E-state index contributed by atoms with van der Waals surface area (Å²) in [6.45, 7) is 4.92. The van der Waals surface area contributed by atoms with Gasteiger partial charge in [0.15, 0.2) is 0 Å². The molecule has 8 nitrogen and oxygen atoms in total. The van der Waals surface area contributed by atoms with Gasteiger partial charge < -0.3 is 19.9 Å². The normalized spacial score (nSPS) is 17.5. The van der Waals surface area contributed by atoms with Crippen LogP contribution >= 0.6 is 11.3 Å². The SMILES string of the molecule is COC(=O)C[C@H]1C[C@H](C)N(c2cccc(C(=O)N3CCc4cc(C(=O)Nc5c(C)cccc5F)sc4-c4ccccc43)n2)C1. The number of rotatable bonds is 6. The predicted molar refractivity (Wildman–Crippen MR) is 170 cm³/mol. The Bertz CT molecular complexity index is 1730. The summed E-state index contributed by atoms with van der Waals surface area (Å²) in [7, 11) is 1.40. The highest BCUT2D eigenvalue weighted by Crippen LogP contribution is 2.42. The summed E-state index contributed by atoms with van der Waals surface area (Å²) < 4.78 is 19.3. The van der Waals surface area contributed by atoms with E-state index in [1.165, 1.54) is 24.5 Å². The molecule has 10 heteroatoms. The third-order valence-corrected chi connectivity index (χ3v) is 9.58. The monoisotopic (exact) mass is 612 g/mol. The van der Waals surface area contributed by atoms with Crippen molar-refractivity contribution in [2.75, 3.05) is 35.3 Å². The van der Waals surface area contributed by atoms with Crippen molar-refractivity contribution in [3.05, 3.63) is 94.2 Å². The third kappa shape index (κ3) is 5.69. The van der Waals surface area contributed by atoms with Crippen LogP contribution in [0.4, 0.5) is 21.6 Å². The number of hydrogen-bond acceptors (Lipinski definition) is 7. The van der Waals surface area contributed by atoms with Crippen LogP contribution < -0.4 is 15.1 Å². The predicted octanol–water partition coefficient (Wildman–Crippen LogP) is 6.49. The molecule has 2 aliphatic rings. The molecule has 2 amide bonds. The zero-order valence-electron chi connectivity index (χ0n) is 24.8. The lowest BCUT2D eigenvalue weighted by atomic mass is 10.0. The van der Waals surface area contributed by atoms with Gasteiger partial charge in [-0.3, -0.25) is 14.4 Å². The second-order valence-electron chi connectivity index (χ2n) is 11.3. The number of carbonyl (C=O) groups excluding carboxylic acids is 3. The Balaban J connectivity index is 1.25. The summed E-state index contributed by atoms with van der Waals surface area (Å²) in [6, 6.07) is 19.9. The maximum Gasteiger partial charge on any atom is 0.305 e. The van der Waals surface area contributed by atoms with E-state index in [4.69, 9.17) is 9.72 Å². The van der Waals surface area contributed by atoms with Crippen LogP contribution in [0.1, 0.15) is 51.1 Å². The molecule has 2 aliphatic heterocycles. The Morgan fingerprint density at radius 3 is 2.68 bits per heavy atom. The molecular weight excluding hydrogens is 579 g/mol. The zero-order chi connectivity index (χ0) is 31.0. The van der Waals surface area contributed by atoms with E-state index in [0.29, 0.717) is 47.9 Å². The number of halogens is 1. The number of ether oxygens (including phenoxy) is 1. The number of hydrogen-bond donors (Lipinski definition) is 1. The largest absolute Gasteiger partial charge is 0.469 e. The van der Waals surface area contributed by atoms with Gasteiger partial charge in [0.05, 0.1) is 29.8 Å². The summed E-state index contributed by atoms with van der Waals surface area (Å²) in [5.74, 6) is -0.402. The quantitative estimate of drug-likeness (QED) is 0.250. The van der Waals surface area contributed by atoms with E-state index in [2.05, 4.69) is 17.1 Å². The lowest BCUT2D eigenvalue weighted by Crippen LogP contribution is -2.34. The summed E-state index contributed by atoms with van der Waals surface area (Å²) in [5.41, 5.74) is 3.72. The van der Waals surface area contributed by atoms with E-state index in [9.17, 15) is 18.8 Å². The molecule has 4 aromatic rings. The number of anilines is 3. The molecule has 2 aromatic heterocycles. The van der Waals surface area contributed by atoms with Crippen LogP contribution in [0.25, 0.3) is 10.4 Å². The van der Waals surface area contributed by atoms with Gasteiger partial charge in [-0.15, -0.1) is 11.3 Å². The first kappa shape index (κ1) is 29.5. The van der Waals surface area contributed by atoms with E-state index < -0.39 is 5.82 Å². The first-order valence-electron chi connectivity index (χ1n) is 14.6. The lowest BCUT2D eigenvalue weighted by molar-refractivity contribution is -0.141. The molecule has 2 aromatic carbocycles. The number of nitrogens with zero attached hydrogens (tertiary/aromatic N) is 3. The average molecular weight is 613 g/mol. The minimum Gasteiger partial charge on any atom is -0.469 e. The van der Waals surface area contributed by atoms with Crippen molar-refractivity contribution in [1.82, 2.24) is 4.98 Å². The molecule has 226 valence electrons. The number of nitrogens with one attached hydrogen (secondary N) is 1. The fourth-order valence-electron chi connectivity index (χ4n) is 6.15. The Morgan fingerprint density at radius 1 is 1.09 bits per heavy atom. The molecule has 1 saturated heterocycles. The molecule has 1 N–H and O–H groups in total. The molecule has 0 bridgehead atoms. The highest BCUT2D eigenvalue weighted by Gasteiger charge is 2.33. The van der Waals surface area contributed by atoms with Gasteiger partial charge in [-0.1, -0.05) is 36.4 Å². The Hall–Kier alpha value is -4.57. The summed E-state index contributed by atoms with van der Waals surface area (Å²) >= 11 is 1.34. The maximum atomic E-state index is 14.4. The number of para-hydroxylation sites is 2. The Morgan fingerprint density at radius 2 is 1.89 bits per heavy atom. The fraction of sp³-hybridized carbons (Fsp3) is 0.294. The molecule has 1 fully saturated rings. The number of aromatic nitrogens is 1. The van der Waals surface area contributed by atoms with Crippen LogP contribution in [-0.4, -0.2) is 49.0 Å². The van der Waals surface area contributed by atoms with Crippen molar-refractivity contribution >= 4 is 46.3 Å². The van der Waals surface area contributed by atoms with Crippen LogP contribution in [0.3, 0.4) is 0 Å². The van der Waals surface area contributed by atoms with Gasteiger partial charge in [0.1, 0.15) is 17.3 Å². The van der Waals surface area contributed by atoms with Crippen LogP contribution in [0.15, 0.2) is 66.7 Å². The van der Waals surface area contributed by atoms with Crippen LogP contribution in [0.5, 0.6) is 0 Å². The van der Waals surface area contributed by atoms with Gasteiger partial charge in [-0.25, -0.2) is 9.37 Å². The minimum atomic E-state index is -0.478. The first-order valence-corrected chi connectivity index (χ1v) is 15.5. The number of amides is 2. The van der Waals surface area contributed by atoms with Crippen molar-refractivity contribution in [3.63, 3.8) is 0 Å². The number of esters is 1. The number of pyridine rings is 1. The molecule has 4 heterocycles. The van der Waals surface area contributed by atoms with Crippen molar-refractivity contribution in [2.24, 2.45) is 5.92 Å². The second-order valence-corrected chi connectivity index (χ2v) is 12.4. The molecule has 0 aliphatic carbocycles. The smallest absolute Gasteiger partial charge is 0.305 e. The van der Waals surface area contributed by atoms with E-state index in [1.54, 1.807) is 30.0 Å². The highest BCUT2D eigenvalue weighted by atomic mass is 32.1. The van der Waals surface area contributed by atoms with Crippen LogP contribution in [0.2, 0.25) is 0 Å². The van der Waals surface area contributed by atoms with Gasteiger partial charge in [0.25, 0.3) is 11.8 Å². The minimum absolute atomic E-state index is 0.165. The summed E-state index contributed by atoms with van der Waals surface area (Å²) in [5, 5.41) is 2.74. The van der Waals surface area contributed by atoms with Crippen LogP contribution in [-0.2, 0) is 16.0 Å². The van der Waals surface area contributed by atoms with Crippen molar-refractivity contribution < 1.29 is 23.5 Å². The van der Waals surface area contributed by atoms with Crippen molar-refractivity contribution in [3.8, 4) is 10.4 Å². The van der Waals surface area contributed by atoms with Gasteiger partial charge in [0.2, 0.25) is 0 Å². The van der Waals surface area contributed by atoms with E-state index in [-0.39, 0.29) is 35.4 Å². The summed E-state index contributed by atoms with van der Waals surface area (Å²) in [4.78, 5) is 49.1. The molecule has 0 saturated carbocycles. The van der Waals surface area contributed by atoms with E-state index in [1.807, 2.05) is 42.5 Å². The zero-order valence-corrected chi connectivity index (χ0v) is 25.6. The average Bonchev–Trinajstić information content (AvgIpc) is 3.58. The standard InChI is InChI=1S/C34H33FN4O4S/c1-20-8-6-10-25(35)31(20)37-33(41)28-18-23-14-15-38(27-12-5-4-9-24(27)32(23)44-28)34(42)26-11-7-13-29(36-26)39-19-22(16-21(39)2)17-30(40)43-3/h4-13,18,21-22H,14-17,19H2,1-3H3,(H,37,41)/t21-,22+/m0/s1. The number of carbonyl (C=O) groups is 3. The van der Waals surface area contributed by atoms with Crippen molar-refractivity contribution in [1.29, 1.82) is 0 Å². The topological polar surface area (TPSA) is 91.8 Å². The number of thiophene rings is 1. The molecule has 44 heavy (non-hydrogen) atoms. The third-order valence-electron chi connectivity index (χ3n) is 8.37. The number of methoxy groups -OCH3 is 1. The van der Waals surface area contributed by atoms with Gasteiger partial charge >= 0.3 is 5.97 Å². The van der Waals surface area contributed by atoms with Crippen molar-refractivity contribution in [2.45, 2.75) is 39.2 Å². The van der Waals surface area contributed by atoms with Gasteiger partial charge in [-0.2, -0.15) is 0 Å². The second kappa shape index (κ2) is 12.2. The lowest BCUT2D eigenvalue weighted by Gasteiger charge is -2.25. The van der Waals surface area contributed by atoms with E-state index in [0.717, 1.165) is 28.1 Å². The molecule has 2 atom stereocenters. The van der Waals surface area contributed by atoms with Gasteiger partial charge in [-0.05, 0) is 74.1 Å². The molecule has 6 rings (SSSR count). The molecular formula is C34H33FN4O4S. The molecule has 0 spiro atoms. The Labute approximate surface area is 259 Å². The first-order chi connectivity index (χ1) is 21.2.